The van der Waals surface area contributed by atoms with Crippen molar-refractivity contribution in [3.8, 4) is 11.5 Å². The summed E-state index contributed by atoms with van der Waals surface area (Å²) in [6, 6.07) is 4.96. The van der Waals surface area contributed by atoms with E-state index in [-0.39, 0.29) is 12.3 Å². The number of phenols is 1. The van der Waals surface area contributed by atoms with Crippen LogP contribution in [0.5, 0.6) is 11.5 Å². The van der Waals surface area contributed by atoms with Crippen LogP contribution in [0.2, 0.25) is 0 Å². The van der Waals surface area contributed by atoms with E-state index in [0.29, 0.717) is 18.8 Å². The molecule has 0 spiro atoms. The third kappa shape index (κ3) is 3.64. The van der Waals surface area contributed by atoms with Gasteiger partial charge in [0.1, 0.15) is 0 Å². The normalized spacial score (nSPS) is 12.1. The second-order valence-corrected chi connectivity index (χ2v) is 3.77. The average molecular weight is 238 g/mol. The van der Waals surface area contributed by atoms with Gasteiger partial charge >= 0.3 is 0 Å². The van der Waals surface area contributed by atoms with Gasteiger partial charge in [0.2, 0.25) is 5.91 Å². The van der Waals surface area contributed by atoms with Crippen LogP contribution in [0.25, 0.3) is 0 Å². The predicted octanol–water partition coefficient (Wildman–Crippen LogP) is 0.394. The molecule has 0 aliphatic carbocycles. The highest BCUT2D eigenvalue weighted by Crippen LogP contribution is 2.27. The smallest absolute Gasteiger partial charge is 0.222 e. The Bertz CT molecular complexity index is 393. The fourth-order valence-electron chi connectivity index (χ4n) is 1.54. The van der Waals surface area contributed by atoms with E-state index in [9.17, 15) is 9.90 Å². The molecule has 17 heavy (non-hydrogen) atoms. The molecule has 1 aromatic rings. The van der Waals surface area contributed by atoms with Crippen molar-refractivity contribution in [2.45, 2.75) is 13.3 Å². The van der Waals surface area contributed by atoms with Crippen LogP contribution in [0.15, 0.2) is 18.2 Å². The van der Waals surface area contributed by atoms with Gasteiger partial charge in [-0.2, -0.15) is 0 Å². The van der Waals surface area contributed by atoms with Gasteiger partial charge in [-0.05, 0) is 31.0 Å². The van der Waals surface area contributed by atoms with E-state index in [1.807, 2.05) is 6.92 Å². The highest BCUT2D eigenvalue weighted by atomic mass is 16.5. The molecule has 0 aromatic heterocycles. The number of ether oxygens (including phenoxy) is 1. The molecule has 0 heterocycles. The lowest BCUT2D eigenvalue weighted by atomic mass is 9.98. The molecule has 1 amide bonds. The summed E-state index contributed by atoms with van der Waals surface area (Å²) < 4.78 is 5.26. The van der Waals surface area contributed by atoms with E-state index in [0.717, 1.165) is 5.56 Å². The molecule has 0 radical (unpaired) electrons. The summed E-state index contributed by atoms with van der Waals surface area (Å²) in [4.78, 5) is 11.1. The summed E-state index contributed by atoms with van der Waals surface area (Å²) in [6.45, 7) is 2.51. The number of aromatic hydroxyl groups is 1. The Balaban J connectivity index is 2.84. The van der Waals surface area contributed by atoms with E-state index in [1.165, 1.54) is 6.07 Å². The SMILES string of the molecule is CCOc1cc(CC(CN)C(N)=O)ccc1O. The number of hydrogen-bond acceptors (Lipinski definition) is 4. The van der Waals surface area contributed by atoms with Gasteiger partial charge in [-0.1, -0.05) is 6.07 Å². The highest BCUT2D eigenvalue weighted by Gasteiger charge is 2.15. The molecule has 0 aliphatic rings. The third-order valence-electron chi connectivity index (χ3n) is 2.49. The van der Waals surface area contributed by atoms with Crippen molar-refractivity contribution < 1.29 is 14.6 Å². The Morgan fingerprint density at radius 1 is 1.53 bits per heavy atom. The lowest BCUT2D eigenvalue weighted by molar-refractivity contribution is -0.121. The first-order valence-electron chi connectivity index (χ1n) is 5.52. The van der Waals surface area contributed by atoms with Crippen LogP contribution in [0, 0.1) is 5.92 Å². The molecule has 5 heteroatoms. The Morgan fingerprint density at radius 2 is 2.24 bits per heavy atom. The van der Waals surface area contributed by atoms with Crippen molar-refractivity contribution >= 4 is 5.91 Å². The number of primary amides is 1. The van der Waals surface area contributed by atoms with E-state index < -0.39 is 11.8 Å². The van der Waals surface area contributed by atoms with Crippen LogP contribution in [-0.2, 0) is 11.2 Å². The summed E-state index contributed by atoms with van der Waals surface area (Å²) in [6.07, 6.45) is 0.451. The Labute approximate surface area is 100 Å². The summed E-state index contributed by atoms with van der Waals surface area (Å²) in [5.74, 6) is -0.322. The second-order valence-electron chi connectivity index (χ2n) is 3.77. The largest absolute Gasteiger partial charge is 0.504 e. The van der Waals surface area contributed by atoms with Gasteiger partial charge in [0.15, 0.2) is 11.5 Å². The van der Waals surface area contributed by atoms with Gasteiger partial charge < -0.3 is 21.3 Å². The average Bonchev–Trinajstić information content (AvgIpc) is 2.30. The Hall–Kier alpha value is -1.75. The van der Waals surface area contributed by atoms with Crippen LogP contribution in [-0.4, -0.2) is 24.2 Å². The molecular weight excluding hydrogens is 220 g/mol. The molecule has 5 nitrogen and oxygen atoms in total. The maximum absolute atomic E-state index is 11.1. The van der Waals surface area contributed by atoms with Crippen molar-refractivity contribution in [2.75, 3.05) is 13.2 Å². The van der Waals surface area contributed by atoms with Crippen molar-refractivity contribution in [2.24, 2.45) is 17.4 Å². The zero-order valence-electron chi connectivity index (χ0n) is 9.85. The molecule has 1 aromatic carbocycles. The zero-order valence-corrected chi connectivity index (χ0v) is 9.85. The molecule has 0 fully saturated rings. The summed E-state index contributed by atoms with van der Waals surface area (Å²) in [5.41, 5.74) is 11.6. The lowest BCUT2D eigenvalue weighted by Crippen LogP contribution is -2.31. The van der Waals surface area contributed by atoms with Gasteiger partial charge in [-0.15, -0.1) is 0 Å². The third-order valence-corrected chi connectivity index (χ3v) is 2.49. The topological polar surface area (TPSA) is 98.6 Å². The highest BCUT2D eigenvalue weighted by molar-refractivity contribution is 5.77. The molecule has 0 saturated heterocycles. The van der Waals surface area contributed by atoms with Crippen LogP contribution in [0.1, 0.15) is 12.5 Å². The van der Waals surface area contributed by atoms with Crippen LogP contribution >= 0.6 is 0 Å². The predicted molar refractivity (Wildman–Crippen MR) is 64.7 cm³/mol. The number of nitrogens with two attached hydrogens (primary N) is 2. The van der Waals surface area contributed by atoms with Crippen molar-refractivity contribution in [3.05, 3.63) is 23.8 Å². The van der Waals surface area contributed by atoms with Crippen molar-refractivity contribution in [3.63, 3.8) is 0 Å². The van der Waals surface area contributed by atoms with E-state index in [2.05, 4.69) is 0 Å². The van der Waals surface area contributed by atoms with E-state index in [4.69, 9.17) is 16.2 Å². The first-order valence-corrected chi connectivity index (χ1v) is 5.52. The molecule has 0 bridgehead atoms. The number of carbonyl (C=O) groups excluding carboxylic acids is 1. The Morgan fingerprint density at radius 3 is 2.76 bits per heavy atom. The molecule has 1 atom stereocenters. The maximum Gasteiger partial charge on any atom is 0.222 e. The molecule has 94 valence electrons. The van der Waals surface area contributed by atoms with Crippen LogP contribution < -0.4 is 16.2 Å². The van der Waals surface area contributed by atoms with Gasteiger partial charge in [0.05, 0.1) is 12.5 Å². The Kier molecular flexibility index (Phi) is 4.78. The van der Waals surface area contributed by atoms with Gasteiger partial charge in [-0.25, -0.2) is 0 Å². The molecule has 0 saturated carbocycles. The van der Waals surface area contributed by atoms with E-state index >= 15 is 0 Å². The van der Waals surface area contributed by atoms with Crippen molar-refractivity contribution in [1.29, 1.82) is 0 Å². The zero-order chi connectivity index (χ0) is 12.8. The van der Waals surface area contributed by atoms with Gasteiger partial charge in [-0.3, -0.25) is 4.79 Å². The number of hydrogen-bond donors (Lipinski definition) is 3. The van der Waals surface area contributed by atoms with Gasteiger partial charge in [0.25, 0.3) is 0 Å². The molecule has 0 aliphatic heterocycles. The quantitative estimate of drug-likeness (QED) is 0.667. The molecule has 5 N–H and O–H groups in total. The van der Waals surface area contributed by atoms with Crippen molar-refractivity contribution in [1.82, 2.24) is 0 Å². The number of phenolic OH excluding ortho intramolecular Hbond substituents is 1. The second kappa shape index (κ2) is 6.10. The summed E-state index contributed by atoms with van der Waals surface area (Å²) >= 11 is 0. The number of amides is 1. The first kappa shape index (κ1) is 13.3. The number of carbonyl (C=O) groups is 1. The fraction of sp³-hybridized carbons (Fsp3) is 0.417. The standard InChI is InChI=1S/C12H18N2O3/c1-2-17-11-6-8(3-4-10(11)15)5-9(7-13)12(14)16/h3-4,6,9,15H,2,5,7,13H2,1H3,(H2,14,16). The monoisotopic (exact) mass is 238 g/mol. The minimum absolute atomic E-state index is 0.0824. The minimum atomic E-state index is -0.418. The minimum Gasteiger partial charge on any atom is -0.504 e. The first-order chi connectivity index (χ1) is 8.08. The lowest BCUT2D eigenvalue weighted by Gasteiger charge is -2.12. The van der Waals surface area contributed by atoms with Crippen LogP contribution in [0.3, 0.4) is 0 Å². The van der Waals surface area contributed by atoms with Gasteiger partial charge in [0, 0.05) is 6.54 Å². The fourth-order valence-corrected chi connectivity index (χ4v) is 1.54. The molecule has 1 rings (SSSR count). The molecule has 1 unspecified atom stereocenters. The summed E-state index contributed by atoms with van der Waals surface area (Å²) in [5, 5.41) is 9.53. The number of benzene rings is 1. The molecular formula is C12H18N2O3. The van der Waals surface area contributed by atoms with Crippen LogP contribution in [0.4, 0.5) is 0 Å². The summed E-state index contributed by atoms with van der Waals surface area (Å²) in [7, 11) is 0. The number of rotatable bonds is 6. The van der Waals surface area contributed by atoms with E-state index in [1.54, 1.807) is 12.1 Å². The maximum atomic E-state index is 11.1.